The van der Waals surface area contributed by atoms with E-state index < -0.39 is 11.5 Å². The number of hydrogen-bond donors (Lipinski definition) is 3. The van der Waals surface area contributed by atoms with Gasteiger partial charge in [-0.15, -0.1) is 0 Å². The lowest BCUT2D eigenvalue weighted by Gasteiger charge is -2.36. The molecule has 0 aliphatic heterocycles. The van der Waals surface area contributed by atoms with Crippen LogP contribution in [0.2, 0.25) is 0 Å². The van der Waals surface area contributed by atoms with E-state index in [1.165, 1.54) is 0 Å². The fourth-order valence-corrected chi connectivity index (χ4v) is 4.25. The highest BCUT2D eigenvalue weighted by atomic mass is 16.3. The molecule has 0 atom stereocenters. The lowest BCUT2D eigenvalue weighted by atomic mass is 9.77. The molecule has 4 rings (SSSR count). The van der Waals surface area contributed by atoms with Crippen LogP contribution in [0.1, 0.15) is 49.9 Å². The van der Waals surface area contributed by atoms with E-state index in [0.29, 0.717) is 23.2 Å². The first-order valence-electron chi connectivity index (χ1n) is 10.0. The van der Waals surface area contributed by atoms with Crippen LogP contribution in [0.4, 0.5) is 5.95 Å². The number of nitrogens with one attached hydrogen (secondary N) is 1. The molecule has 1 aromatic carbocycles. The molecule has 1 amide bonds. The number of fused-ring (bicyclic) bond motifs is 1. The van der Waals surface area contributed by atoms with E-state index in [0.717, 1.165) is 36.6 Å². The third kappa shape index (κ3) is 3.96. The Hall–Kier alpha value is -2.93. The Labute approximate surface area is 170 Å². The summed E-state index contributed by atoms with van der Waals surface area (Å²) in [4.78, 5) is 20.9. The van der Waals surface area contributed by atoms with Crippen LogP contribution in [0.25, 0.3) is 16.7 Å². The molecular formula is C22H27N5O2. The number of para-hydroxylation sites is 1. The van der Waals surface area contributed by atoms with Crippen LogP contribution in [-0.2, 0) is 0 Å². The number of aromatic nitrogens is 3. The molecular weight excluding hydrogens is 366 g/mol. The maximum absolute atomic E-state index is 11.8. The Kier molecular flexibility index (Phi) is 5.00. The number of carbonyl (C=O) groups excluding carboxylic acids is 1. The number of aliphatic hydroxyl groups is 1. The molecule has 1 fully saturated rings. The number of benzene rings is 1. The third-order valence-electron chi connectivity index (χ3n) is 5.92. The monoisotopic (exact) mass is 393 g/mol. The summed E-state index contributed by atoms with van der Waals surface area (Å²) in [5.74, 6) is 1.10. The lowest BCUT2D eigenvalue weighted by molar-refractivity contribution is -0.000417. The van der Waals surface area contributed by atoms with Crippen LogP contribution < -0.4 is 11.1 Å². The Bertz CT molecular complexity index is 1030. The van der Waals surface area contributed by atoms with Gasteiger partial charge in [0.25, 0.3) is 5.91 Å². The molecule has 2 aromatic heterocycles. The second-order valence-corrected chi connectivity index (χ2v) is 8.38. The second-order valence-electron chi connectivity index (χ2n) is 8.38. The molecule has 0 spiro atoms. The third-order valence-corrected chi connectivity index (χ3v) is 5.92. The molecule has 152 valence electrons. The van der Waals surface area contributed by atoms with E-state index in [1.54, 1.807) is 12.4 Å². The zero-order valence-electron chi connectivity index (χ0n) is 16.8. The van der Waals surface area contributed by atoms with Gasteiger partial charge >= 0.3 is 0 Å². The SMILES string of the molecule is CC(C)(O)C1CCC(Nc2nccc(-n3cc(C(N)=O)c4ccccc43)n2)CC1. The van der Waals surface area contributed by atoms with E-state index in [-0.39, 0.29) is 6.04 Å². The minimum Gasteiger partial charge on any atom is -0.390 e. The summed E-state index contributed by atoms with van der Waals surface area (Å²) in [7, 11) is 0. The predicted octanol–water partition coefficient (Wildman–Crippen LogP) is 3.26. The average molecular weight is 393 g/mol. The van der Waals surface area contributed by atoms with Gasteiger partial charge in [0.2, 0.25) is 5.95 Å². The first kappa shape index (κ1) is 19.4. The normalized spacial score (nSPS) is 20.0. The highest BCUT2D eigenvalue weighted by molar-refractivity contribution is 6.06. The first-order chi connectivity index (χ1) is 13.8. The highest BCUT2D eigenvalue weighted by Crippen LogP contribution is 2.33. The number of amides is 1. The number of carbonyl (C=O) groups is 1. The van der Waals surface area contributed by atoms with Crippen LogP contribution in [0.3, 0.4) is 0 Å². The zero-order chi connectivity index (χ0) is 20.6. The maximum atomic E-state index is 11.8. The average Bonchev–Trinajstić information content (AvgIpc) is 3.08. The van der Waals surface area contributed by atoms with Gasteiger partial charge in [0.1, 0.15) is 5.82 Å². The van der Waals surface area contributed by atoms with Crippen molar-refractivity contribution >= 4 is 22.8 Å². The summed E-state index contributed by atoms with van der Waals surface area (Å²) in [5.41, 5.74) is 6.26. The van der Waals surface area contributed by atoms with Crippen molar-refractivity contribution in [1.82, 2.24) is 14.5 Å². The molecule has 0 unspecified atom stereocenters. The summed E-state index contributed by atoms with van der Waals surface area (Å²) in [6.07, 6.45) is 7.34. The van der Waals surface area contributed by atoms with E-state index in [1.807, 2.05) is 48.7 Å². The fourth-order valence-electron chi connectivity index (χ4n) is 4.25. The van der Waals surface area contributed by atoms with E-state index >= 15 is 0 Å². The number of hydrogen-bond acceptors (Lipinski definition) is 5. The number of rotatable bonds is 5. The van der Waals surface area contributed by atoms with Gasteiger partial charge in [0.05, 0.1) is 16.7 Å². The molecule has 0 radical (unpaired) electrons. The molecule has 7 heteroatoms. The van der Waals surface area contributed by atoms with Crippen LogP contribution >= 0.6 is 0 Å². The maximum Gasteiger partial charge on any atom is 0.250 e. The fraction of sp³-hybridized carbons (Fsp3) is 0.409. The van der Waals surface area contributed by atoms with Gasteiger partial charge in [0.15, 0.2) is 0 Å². The van der Waals surface area contributed by atoms with Crippen molar-refractivity contribution in [1.29, 1.82) is 0 Å². The first-order valence-corrected chi connectivity index (χ1v) is 10.0. The van der Waals surface area contributed by atoms with Gasteiger partial charge in [-0.2, -0.15) is 4.98 Å². The standard InChI is InChI=1S/C22H27N5O2/c1-22(2,29)14-7-9-15(10-8-14)25-21-24-12-11-19(26-21)27-13-17(20(23)28)16-5-3-4-6-18(16)27/h3-6,11-15,29H,7-10H2,1-2H3,(H2,23,28)(H,24,25,26). The smallest absolute Gasteiger partial charge is 0.250 e. The minimum atomic E-state index is -0.630. The lowest BCUT2D eigenvalue weighted by Crippen LogP contribution is -2.37. The molecule has 3 aromatic rings. The molecule has 4 N–H and O–H groups in total. The topological polar surface area (TPSA) is 106 Å². The van der Waals surface area contributed by atoms with Crippen LogP contribution in [-0.4, -0.2) is 37.2 Å². The molecule has 1 saturated carbocycles. The Morgan fingerprint density at radius 3 is 2.62 bits per heavy atom. The molecule has 0 bridgehead atoms. The molecule has 7 nitrogen and oxygen atoms in total. The quantitative estimate of drug-likeness (QED) is 0.617. The van der Waals surface area contributed by atoms with Gasteiger partial charge in [-0.1, -0.05) is 18.2 Å². The van der Waals surface area contributed by atoms with E-state index in [4.69, 9.17) is 5.73 Å². The van der Waals surface area contributed by atoms with E-state index in [9.17, 15) is 9.90 Å². The minimum absolute atomic E-state index is 0.284. The van der Waals surface area contributed by atoms with Gasteiger partial charge in [-0.3, -0.25) is 4.79 Å². The van der Waals surface area contributed by atoms with Crippen molar-refractivity contribution < 1.29 is 9.90 Å². The van der Waals surface area contributed by atoms with Crippen LogP contribution in [0.5, 0.6) is 0 Å². The van der Waals surface area contributed by atoms with Crippen molar-refractivity contribution in [3.05, 3.63) is 48.3 Å². The van der Waals surface area contributed by atoms with Crippen molar-refractivity contribution in [3.63, 3.8) is 0 Å². The Morgan fingerprint density at radius 2 is 1.93 bits per heavy atom. The van der Waals surface area contributed by atoms with Crippen molar-refractivity contribution in [2.24, 2.45) is 11.7 Å². The summed E-state index contributed by atoms with van der Waals surface area (Å²) in [5, 5.41) is 14.5. The molecule has 1 aliphatic rings. The van der Waals surface area contributed by atoms with Gasteiger partial charge in [-0.05, 0) is 57.6 Å². The molecule has 1 aliphatic carbocycles. The molecule has 29 heavy (non-hydrogen) atoms. The van der Waals surface area contributed by atoms with Crippen LogP contribution in [0.15, 0.2) is 42.7 Å². The predicted molar refractivity (Wildman–Crippen MR) is 113 cm³/mol. The second kappa shape index (κ2) is 7.48. The molecule has 2 heterocycles. The zero-order valence-corrected chi connectivity index (χ0v) is 16.8. The van der Waals surface area contributed by atoms with Gasteiger partial charge in [-0.25, -0.2) is 4.98 Å². The highest BCUT2D eigenvalue weighted by Gasteiger charge is 2.31. The summed E-state index contributed by atoms with van der Waals surface area (Å²) in [6, 6.07) is 9.73. The largest absolute Gasteiger partial charge is 0.390 e. The van der Waals surface area contributed by atoms with E-state index in [2.05, 4.69) is 15.3 Å². The number of anilines is 1. The molecule has 0 saturated heterocycles. The van der Waals surface area contributed by atoms with Crippen molar-refractivity contribution in [2.75, 3.05) is 5.32 Å². The number of primary amides is 1. The Morgan fingerprint density at radius 1 is 1.21 bits per heavy atom. The van der Waals surface area contributed by atoms with Crippen molar-refractivity contribution in [3.8, 4) is 5.82 Å². The van der Waals surface area contributed by atoms with Gasteiger partial charge in [0, 0.05) is 23.8 Å². The summed E-state index contributed by atoms with van der Waals surface area (Å²) < 4.78 is 1.87. The van der Waals surface area contributed by atoms with Crippen LogP contribution in [0, 0.1) is 5.92 Å². The Balaban J connectivity index is 1.56. The summed E-state index contributed by atoms with van der Waals surface area (Å²) in [6.45, 7) is 3.78. The van der Waals surface area contributed by atoms with Crippen molar-refractivity contribution in [2.45, 2.75) is 51.2 Å². The number of nitrogens with two attached hydrogens (primary N) is 1. The number of nitrogens with zero attached hydrogens (tertiary/aromatic N) is 3. The van der Waals surface area contributed by atoms with Gasteiger partial charge < -0.3 is 20.7 Å². The summed E-state index contributed by atoms with van der Waals surface area (Å²) >= 11 is 0.